The minimum Gasteiger partial charge on any atom is -0.311 e. The molecule has 4 heterocycles. The van der Waals surface area contributed by atoms with E-state index >= 15 is 0 Å². The first-order valence-corrected chi connectivity index (χ1v) is 9.01. The second-order valence-electron chi connectivity index (χ2n) is 7.13. The predicted octanol–water partition coefficient (Wildman–Crippen LogP) is 3.55. The van der Waals surface area contributed by atoms with Crippen molar-refractivity contribution in [3.8, 4) is 0 Å². The van der Waals surface area contributed by atoms with E-state index in [2.05, 4.69) is 36.2 Å². The van der Waals surface area contributed by atoms with Gasteiger partial charge in [0, 0.05) is 41.9 Å². The molecule has 1 N–H and O–H groups in total. The summed E-state index contributed by atoms with van der Waals surface area (Å²) in [7, 11) is 1.86. The third kappa shape index (κ3) is 2.18. The fraction of sp³-hybridized carbons (Fsp3) is 0.438. The molecule has 0 fully saturated rings. The Morgan fingerprint density at radius 3 is 2.88 bits per heavy atom. The predicted molar refractivity (Wildman–Crippen MR) is 95.1 cm³/mol. The van der Waals surface area contributed by atoms with E-state index in [0.29, 0.717) is 11.6 Å². The van der Waals surface area contributed by atoms with Gasteiger partial charge < -0.3 is 5.32 Å². The number of fused-ring (bicyclic) bond motifs is 2. The number of thiazole rings is 1. The van der Waals surface area contributed by atoms with Gasteiger partial charge in [-0.15, -0.1) is 11.3 Å². The van der Waals surface area contributed by atoms with Gasteiger partial charge in [0.2, 0.25) is 5.91 Å². The number of rotatable bonds is 1. The summed E-state index contributed by atoms with van der Waals surface area (Å²) in [4.78, 5) is 17.6. The Bertz CT molecular complexity index is 961. The van der Waals surface area contributed by atoms with E-state index in [4.69, 9.17) is 11.6 Å². The van der Waals surface area contributed by atoms with Crippen molar-refractivity contribution >= 4 is 39.6 Å². The number of hydrogen-bond donors (Lipinski definition) is 1. The Balaban J connectivity index is 2.01. The van der Waals surface area contributed by atoms with Gasteiger partial charge in [-0.2, -0.15) is 5.10 Å². The highest BCUT2D eigenvalue weighted by atomic mass is 35.5. The number of aromatic nitrogens is 4. The van der Waals surface area contributed by atoms with Crippen LogP contribution < -0.4 is 5.32 Å². The van der Waals surface area contributed by atoms with Gasteiger partial charge in [-0.25, -0.2) is 4.98 Å². The van der Waals surface area contributed by atoms with Crippen LogP contribution in [0.25, 0.3) is 4.96 Å². The van der Waals surface area contributed by atoms with Gasteiger partial charge in [-0.05, 0) is 0 Å². The van der Waals surface area contributed by atoms with Crippen LogP contribution in [0.4, 0.5) is 5.82 Å². The van der Waals surface area contributed by atoms with Gasteiger partial charge in [0.05, 0.1) is 11.4 Å². The van der Waals surface area contributed by atoms with Crippen LogP contribution in [0.2, 0.25) is 5.15 Å². The smallest absolute Gasteiger partial charge is 0.226 e. The number of carbonyl (C=O) groups is 1. The minimum atomic E-state index is -0.159. The molecular formula is C16H18ClN5OS. The van der Waals surface area contributed by atoms with Crippen molar-refractivity contribution in [2.45, 2.75) is 38.5 Å². The number of hydrogen-bond acceptors (Lipinski definition) is 4. The van der Waals surface area contributed by atoms with Crippen LogP contribution in [0.1, 0.15) is 50.1 Å². The molecule has 1 amide bonds. The zero-order chi connectivity index (χ0) is 17.2. The minimum absolute atomic E-state index is 0.0304. The van der Waals surface area contributed by atoms with Gasteiger partial charge in [0.1, 0.15) is 5.82 Å². The molecule has 4 rings (SSSR count). The van der Waals surface area contributed by atoms with Gasteiger partial charge in [-0.3, -0.25) is 13.9 Å². The zero-order valence-electron chi connectivity index (χ0n) is 13.9. The molecule has 0 aromatic carbocycles. The second kappa shape index (κ2) is 5.07. The van der Waals surface area contributed by atoms with Crippen molar-refractivity contribution in [3.63, 3.8) is 0 Å². The average molecular weight is 364 g/mol. The maximum absolute atomic E-state index is 12.3. The van der Waals surface area contributed by atoms with Gasteiger partial charge >= 0.3 is 0 Å². The highest BCUT2D eigenvalue weighted by molar-refractivity contribution is 7.15. The van der Waals surface area contributed by atoms with Crippen molar-refractivity contribution in [1.29, 1.82) is 0 Å². The summed E-state index contributed by atoms with van der Waals surface area (Å²) in [6.07, 6.45) is 2.29. The molecule has 24 heavy (non-hydrogen) atoms. The fourth-order valence-electron chi connectivity index (χ4n) is 3.37. The zero-order valence-corrected chi connectivity index (χ0v) is 15.5. The van der Waals surface area contributed by atoms with Crippen LogP contribution in [0.3, 0.4) is 0 Å². The summed E-state index contributed by atoms with van der Waals surface area (Å²) in [6, 6.07) is 0. The molecule has 6 nitrogen and oxygen atoms in total. The number of halogens is 1. The first-order chi connectivity index (χ1) is 11.3. The van der Waals surface area contributed by atoms with Gasteiger partial charge in [0.15, 0.2) is 10.1 Å². The third-order valence-corrected chi connectivity index (χ3v) is 5.41. The monoisotopic (exact) mass is 363 g/mol. The van der Waals surface area contributed by atoms with Crippen LogP contribution >= 0.6 is 22.9 Å². The molecule has 0 spiro atoms. The van der Waals surface area contributed by atoms with E-state index in [1.54, 1.807) is 4.68 Å². The third-order valence-electron chi connectivity index (χ3n) is 4.37. The summed E-state index contributed by atoms with van der Waals surface area (Å²) in [6.45, 7) is 6.38. The van der Waals surface area contributed by atoms with Gasteiger partial charge in [0.25, 0.3) is 0 Å². The number of aryl methyl sites for hydroxylation is 1. The lowest BCUT2D eigenvalue weighted by Crippen LogP contribution is -2.27. The van der Waals surface area contributed by atoms with E-state index in [1.807, 2.05) is 23.0 Å². The second-order valence-corrected chi connectivity index (χ2v) is 8.36. The summed E-state index contributed by atoms with van der Waals surface area (Å²) < 4.78 is 3.74. The lowest BCUT2D eigenvalue weighted by Gasteiger charge is -2.26. The summed E-state index contributed by atoms with van der Waals surface area (Å²) in [5, 5.41) is 10.1. The number of nitrogens with zero attached hydrogens (tertiary/aromatic N) is 4. The Kier molecular flexibility index (Phi) is 3.30. The van der Waals surface area contributed by atoms with E-state index < -0.39 is 0 Å². The number of anilines is 1. The molecule has 1 aliphatic heterocycles. The maximum Gasteiger partial charge on any atom is 0.226 e. The molecule has 8 heteroatoms. The van der Waals surface area contributed by atoms with Crippen LogP contribution in [-0.2, 0) is 17.3 Å². The van der Waals surface area contributed by atoms with Crippen LogP contribution in [0, 0.1) is 0 Å². The summed E-state index contributed by atoms with van der Waals surface area (Å²) in [5.74, 6) is 0.563. The summed E-state index contributed by atoms with van der Waals surface area (Å²) >= 11 is 7.98. The molecule has 1 aliphatic rings. The Labute approximate surface area is 148 Å². The molecule has 3 aromatic rings. The molecule has 126 valence electrons. The number of imidazole rings is 1. The van der Waals surface area contributed by atoms with E-state index in [1.165, 1.54) is 11.3 Å². The standard InChI is InChI=1S/C16H18ClN5OS/c1-16(2,3)12-10-8(7-9(23)18-14(10)21(4)20-12)11-13(17)19-15-22(11)5-6-24-15/h5-6,8H,7H2,1-4H3,(H,18,23)/t8-/m0/s1. The first kappa shape index (κ1) is 15.7. The first-order valence-electron chi connectivity index (χ1n) is 7.75. The molecule has 0 radical (unpaired) electrons. The number of carbonyl (C=O) groups excluding carboxylic acids is 1. The van der Waals surface area contributed by atoms with Crippen LogP contribution in [0.15, 0.2) is 11.6 Å². The molecule has 0 saturated carbocycles. The van der Waals surface area contributed by atoms with Crippen molar-refractivity contribution < 1.29 is 4.79 Å². The normalized spacial score (nSPS) is 18.0. The maximum atomic E-state index is 12.3. The van der Waals surface area contributed by atoms with E-state index in [0.717, 1.165) is 27.7 Å². The largest absolute Gasteiger partial charge is 0.311 e. The van der Waals surface area contributed by atoms with E-state index in [-0.39, 0.29) is 17.2 Å². The number of amides is 1. The lowest BCUT2D eigenvalue weighted by molar-refractivity contribution is -0.116. The van der Waals surface area contributed by atoms with Crippen LogP contribution in [-0.4, -0.2) is 25.1 Å². The average Bonchev–Trinajstić information content (AvgIpc) is 3.11. The Morgan fingerprint density at radius 2 is 2.17 bits per heavy atom. The number of nitrogens with one attached hydrogen (secondary N) is 1. The molecule has 3 aromatic heterocycles. The molecule has 1 atom stereocenters. The highest BCUT2D eigenvalue weighted by Gasteiger charge is 2.38. The highest BCUT2D eigenvalue weighted by Crippen LogP contribution is 2.44. The van der Waals surface area contributed by atoms with Crippen molar-refractivity contribution in [1.82, 2.24) is 19.2 Å². The van der Waals surface area contributed by atoms with E-state index in [9.17, 15) is 4.79 Å². The fourth-order valence-corrected chi connectivity index (χ4v) is 4.44. The molecular weight excluding hydrogens is 346 g/mol. The molecule has 0 saturated heterocycles. The topological polar surface area (TPSA) is 64.2 Å². The lowest BCUT2D eigenvalue weighted by atomic mass is 9.81. The summed E-state index contributed by atoms with van der Waals surface area (Å²) in [5.41, 5.74) is 2.74. The van der Waals surface area contributed by atoms with Crippen molar-refractivity contribution in [2.24, 2.45) is 7.05 Å². The Morgan fingerprint density at radius 1 is 1.42 bits per heavy atom. The van der Waals surface area contributed by atoms with Crippen molar-refractivity contribution in [2.75, 3.05) is 5.32 Å². The Hall–Kier alpha value is -1.86. The van der Waals surface area contributed by atoms with Gasteiger partial charge in [-0.1, -0.05) is 32.4 Å². The SMILES string of the molecule is Cn1nc(C(C)(C)C)c2c1NC(=O)C[C@@H]2c1c(Cl)nc2sccn12. The van der Waals surface area contributed by atoms with Crippen LogP contribution in [0.5, 0.6) is 0 Å². The molecule has 0 aliphatic carbocycles. The molecule has 0 bridgehead atoms. The molecule has 0 unspecified atom stereocenters. The quantitative estimate of drug-likeness (QED) is 0.719. The van der Waals surface area contributed by atoms with Crippen molar-refractivity contribution in [3.05, 3.63) is 33.7 Å².